The van der Waals surface area contributed by atoms with Crippen molar-refractivity contribution in [3.05, 3.63) is 59.0 Å². The van der Waals surface area contributed by atoms with E-state index in [0.717, 1.165) is 35.3 Å². The predicted octanol–water partition coefficient (Wildman–Crippen LogP) is 2.94. The molecule has 1 aromatic heterocycles. The molecule has 0 saturated carbocycles. The number of halogens is 1. The van der Waals surface area contributed by atoms with Gasteiger partial charge in [0.15, 0.2) is 5.96 Å². The van der Waals surface area contributed by atoms with E-state index in [1.54, 1.807) is 13.3 Å². The third-order valence-electron chi connectivity index (χ3n) is 3.83. The van der Waals surface area contributed by atoms with Crippen LogP contribution in [0.4, 0.5) is 0 Å². The molecule has 0 aliphatic rings. The molecule has 1 unspecified atom stereocenters. The zero-order valence-corrected chi connectivity index (χ0v) is 15.2. The lowest BCUT2D eigenvalue weighted by Gasteiger charge is -2.23. The molecule has 2 rings (SSSR count). The first-order chi connectivity index (χ1) is 11.6. The fourth-order valence-corrected chi connectivity index (χ4v) is 2.68. The summed E-state index contributed by atoms with van der Waals surface area (Å²) in [7, 11) is 5.83. The zero-order chi connectivity index (χ0) is 17.4. The molecule has 24 heavy (non-hydrogen) atoms. The maximum Gasteiger partial charge on any atom is 0.191 e. The normalized spacial score (nSPS) is 13.1. The minimum absolute atomic E-state index is 0.141. The second-order valence-electron chi connectivity index (χ2n) is 5.72. The van der Waals surface area contributed by atoms with Crippen molar-refractivity contribution in [2.24, 2.45) is 4.99 Å². The van der Waals surface area contributed by atoms with Crippen molar-refractivity contribution in [2.45, 2.75) is 12.5 Å². The van der Waals surface area contributed by atoms with E-state index in [4.69, 9.17) is 16.0 Å². The Morgan fingerprint density at radius 1 is 1.21 bits per heavy atom. The molecule has 1 aromatic carbocycles. The number of nitrogens with zero attached hydrogens (tertiary/aromatic N) is 2. The number of hydrogen-bond acceptors (Lipinski definition) is 3. The second-order valence-corrected chi connectivity index (χ2v) is 6.12. The SMILES string of the molecule is CN=C(NCCc1ccccc1Cl)NCC(c1ccco1)N(C)C. The predicted molar refractivity (Wildman–Crippen MR) is 99.7 cm³/mol. The Kier molecular flexibility index (Phi) is 7.15. The molecule has 0 spiro atoms. The standard InChI is InChI=1S/C18H25ClN4O/c1-20-18(21-11-10-14-7-4-5-8-15(14)19)22-13-16(23(2)3)17-9-6-12-24-17/h4-9,12,16H,10-11,13H2,1-3H3,(H2,20,21,22). The van der Waals surface area contributed by atoms with Gasteiger partial charge in [0.1, 0.15) is 5.76 Å². The van der Waals surface area contributed by atoms with Crippen molar-refractivity contribution >= 4 is 17.6 Å². The number of aliphatic imine (C=N–C) groups is 1. The molecule has 1 atom stereocenters. The van der Waals surface area contributed by atoms with Crippen molar-refractivity contribution in [1.29, 1.82) is 0 Å². The first-order valence-electron chi connectivity index (χ1n) is 7.99. The number of likely N-dealkylation sites (N-methyl/N-ethyl adjacent to an activating group) is 1. The Labute approximate surface area is 148 Å². The maximum absolute atomic E-state index is 6.18. The third kappa shape index (κ3) is 5.28. The summed E-state index contributed by atoms with van der Waals surface area (Å²) in [5.74, 6) is 1.69. The average molecular weight is 349 g/mol. The minimum atomic E-state index is 0.141. The van der Waals surface area contributed by atoms with Crippen LogP contribution < -0.4 is 10.6 Å². The van der Waals surface area contributed by atoms with E-state index < -0.39 is 0 Å². The van der Waals surface area contributed by atoms with E-state index in [1.165, 1.54) is 0 Å². The van der Waals surface area contributed by atoms with Crippen molar-refractivity contribution in [1.82, 2.24) is 15.5 Å². The molecule has 0 saturated heterocycles. The van der Waals surface area contributed by atoms with Crippen molar-refractivity contribution in [3.8, 4) is 0 Å². The highest BCUT2D eigenvalue weighted by Gasteiger charge is 2.17. The topological polar surface area (TPSA) is 52.8 Å². The number of furan rings is 1. The van der Waals surface area contributed by atoms with Crippen molar-refractivity contribution in [2.75, 3.05) is 34.2 Å². The summed E-state index contributed by atoms with van der Waals surface area (Å²) >= 11 is 6.18. The fraction of sp³-hybridized carbons (Fsp3) is 0.389. The van der Waals surface area contributed by atoms with Gasteiger partial charge in [-0.3, -0.25) is 9.89 Å². The Balaban J connectivity index is 1.83. The molecule has 0 amide bonds. The fourth-order valence-electron chi connectivity index (χ4n) is 2.45. The molecular formula is C18H25ClN4O. The van der Waals surface area contributed by atoms with Crippen LogP contribution in [-0.2, 0) is 6.42 Å². The molecule has 0 aliphatic heterocycles. The highest BCUT2D eigenvalue weighted by atomic mass is 35.5. The summed E-state index contributed by atoms with van der Waals surface area (Å²) in [6.45, 7) is 1.46. The third-order valence-corrected chi connectivity index (χ3v) is 4.19. The zero-order valence-electron chi connectivity index (χ0n) is 14.4. The summed E-state index contributed by atoms with van der Waals surface area (Å²) < 4.78 is 5.52. The molecule has 0 radical (unpaired) electrons. The van der Waals surface area contributed by atoms with E-state index in [0.29, 0.717) is 6.54 Å². The van der Waals surface area contributed by atoms with Gasteiger partial charge in [0.05, 0.1) is 12.3 Å². The number of nitrogens with one attached hydrogen (secondary N) is 2. The van der Waals surface area contributed by atoms with Crippen molar-refractivity contribution < 1.29 is 4.42 Å². The number of hydrogen-bond donors (Lipinski definition) is 2. The second kappa shape index (κ2) is 9.35. The van der Waals surface area contributed by atoms with Gasteiger partial charge >= 0.3 is 0 Å². The molecule has 0 aliphatic carbocycles. The van der Waals surface area contributed by atoms with Crippen LogP contribution in [0.5, 0.6) is 0 Å². The number of rotatable bonds is 7. The van der Waals surface area contributed by atoms with Gasteiger partial charge in [-0.2, -0.15) is 0 Å². The van der Waals surface area contributed by atoms with Crippen LogP contribution in [0, 0.1) is 0 Å². The summed E-state index contributed by atoms with van der Waals surface area (Å²) in [6.07, 6.45) is 2.54. The van der Waals surface area contributed by atoms with Crippen LogP contribution in [0.2, 0.25) is 5.02 Å². The van der Waals surface area contributed by atoms with Gasteiger partial charge in [0, 0.05) is 25.2 Å². The highest BCUT2D eigenvalue weighted by molar-refractivity contribution is 6.31. The lowest BCUT2D eigenvalue weighted by atomic mass is 10.1. The largest absolute Gasteiger partial charge is 0.468 e. The summed E-state index contributed by atoms with van der Waals surface area (Å²) in [5, 5.41) is 7.46. The summed E-state index contributed by atoms with van der Waals surface area (Å²) in [4.78, 5) is 6.38. The Hall–Kier alpha value is -1.98. The lowest BCUT2D eigenvalue weighted by Crippen LogP contribution is -2.42. The first-order valence-corrected chi connectivity index (χ1v) is 8.37. The number of guanidine groups is 1. The molecule has 0 fully saturated rings. The van der Waals surface area contributed by atoms with Crippen LogP contribution in [0.1, 0.15) is 17.4 Å². The molecular weight excluding hydrogens is 324 g/mol. The Morgan fingerprint density at radius 2 is 2.00 bits per heavy atom. The van der Waals surface area contributed by atoms with Crippen LogP contribution >= 0.6 is 11.6 Å². The molecule has 6 heteroatoms. The van der Waals surface area contributed by atoms with Crippen LogP contribution in [-0.4, -0.2) is 45.1 Å². The molecule has 5 nitrogen and oxygen atoms in total. The van der Waals surface area contributed by atoms with E-state index >= 15 is 0 Å². The maximum atomic E-state index is 6.18. The van der Waals surface area contributed by atoms with Crippen LogP contribution in [0.15, 0.2) is 52.1 Å². The highest BCUT2D eigenvalue weighted by Crippen LogP contribution is 2.17. The molecule has 2 N–H and O–H groups in total. The first kappa shape index (κ1) is 18.4. The monoisotopic (exact) mass is 348 g/mol. The van der Waals surface area contributed by atoms with Crippen molar-refractivity contribution in [3.63, 3.8) is 0 Å². The summed E-state index contributed by atoms with van der Waals surface area (Å²) in [5.41, 5.74) is 1.13. The Bertz CT molecular complexity index is 640. The van der Waals surface area contributed by atoms with E-state index in [2.05, 4.69) is 20.5 Å². The van der Waals surface area contributed by atoms with Gasteiger partial charge in [0.2, 0.25) is 0 Å². The smallest absolute Gasteiger partial charge is 0.191 e. The molecule has 1 heterocycles. The lowest BCUT2D eigenvalue weighted by molar-refractivity contribution is 0.258. The van der Waals surface area contributed by atoms with Gasteiger partial charge in [0.25, 0.3) is 0 Å². The Morgan fingerprint density at radius 3 is 2.62 bits per heavy atom. The van der Waals surface area contributed by atoms with E-state index in [-0.39, 0.29) is 6.04 Å². The van der Waals surface area contributed by atoms with Gasteiger partial charge in [-0.25, -0.2) is 0 Å². The van der Waals surface area contributed by atoms with Gasteiger partial charge in [-0.15, -0.1) is 0 Å². The molecule has 130 valence electrons. The average Bonchev–Trinajstić information content (AvgIpc) is 3.09. The van der Waals surface area contributed by atoms with E-state index in [1.807, 2.05) is 50.5 Å². The van der Waals surface area contributed by atoms with Crippen LogP contribution in [0.3, 0.4) is 0 Å². The van der Waals surface area contributed by atoms with E-state index in [9.17, 15) is 0 Å². The molecule has 0 bridgehead atoms. The quantitative estimate of drug-likeness (QED) is 0.596. The van der Waals surface area contributed by atoms with Gasteiger partial charge in [-0.1, -0.05) is 29.8 Å². The number of benzene rings is 1. The molecule has 2 aromatic rings. The van der Waals surface area contributed by atoms with Crippen LogP contribution in [0.25, 0.3) is 0 Å². The van der Waals surface area contributed by atoms with Gasteiger partial charge in [-0.05, 0) is 44.3 Å². The summed E-state index contributed by atoms with van der Waals surface area (Å²) in [6, 6.07) is 11.9. The minimum Gasteiger partial charge on any atom is -0.468 e. The van der Waals surface area contributed by atoms with Gasteiger partial charge < -0.3 is 15.1 Å².